The van der Waals surface area contributed by atoms with Crippen LogP contribution in [0, 0.1) is 20.8 Å². The predicted molar refractivity (Wildman–Crippen MR) is 124 cm³/mol. The molecule has 0 unspecified atom stereocenters. The van der Waals surface area contributed by atoms with Gasteiger partial charge in [0.2, 0.25) is 0 Å². The number of benzene rings is 2. The summed E-state index contributed by atoms with van der Waals surface area (Å²) in [5, 5.41) is 4.60. The first-order valence-corrected chi connectivity index (χ1v) is 11.2. The molecule has 0 saturated heterocycles. The van der Waals surface area contributed by atoms with E-state index in [2.05, 4.69) is 67.1 Å². The zero-order chi connectivity index (χ0) is 20.4. The van der Waals surface area contributed by atoms with Crippen molar-refractivity contribution in [3.63, 3.8) is 0 Å². The largest absolute Gasteiger partial charge is 0.313 e. The zero-order valence-corrected chi connectivity index (χ0v) is 18.5. The summed E-state index contributed by atoms with van der Waals surface area (Å²) in [6, 6.07) is 17.9. The van der Waals surface area contributed by atoms with Gasteiger partial charge >= 0.3 is 0 Å². The highest BCUT2D eigenvalue weighted by Gasteiger charge is 2.18. The summed E-state index contributed by atoms with van der Waals surface area (Å²) in [4.78, 5) is 0. The number of hydrogen-bond acceptors (Lipinski definition) is 1. The Morgan fingerprint density at radius 1 is 0.931 bits per heavy atom. The Bertz CT molecular complexity index is 979. The minimum absolute atomic E-state index is 0.659. The van der Waals surface area contributed by atoms with Crippen molar-refractivity contribution in [1.29, 1.82) is 0 Å². The lowest BCUT2D eigenvalue weighted by atomic mass is 9.95. The second kappa shape index (κ2) is 8.77. The SMILES string of the molecule is Cc1ccc(C)c(-n2c(-c3ccc(Cl)cc3)cc(CNC3CCCCC3)c2C)c1. The van der Waals surface area contributed by atoms with Gasteiger partial charge in [-0.25, -0.2) is 0 Å². The molecule has 1 heterocycles. The molecule has 1 saturated carbocycles. The molecule has 0 radical (unpaired) electrons. The summed E-state index contributed by atoms with van der Waals surface area (Å²) in [6.07, 6.45) is 6.72. The van der Waals surface area contributed by atoms with E-state index in [9.17, 15) is 0 Å². The third-order valence-electron chi connectivity index (χ3n) is 6.28. The van der Waals surface area contributed by atoms with Crippen molar-refractivity contribution in [2.45, 2.75) is 65.5 Å². The van der Waals surface area contributed by atoms with Gasteiger partial charge in [0.25, 0.3) is 0 Å². The molecule has 3 aromatic rings. The molecule has 1 aromatic heterocycles. The van der Waals surface area contributed by atoms with Gasteiger partial charge in [0.1, 0.15) is 0 Å². The van der Waals surface area contributed by atoms with E-state index < -0.39 is 0 Å². The first-order valence-electron chi connectivity index (χ1n) is 10.8. The average Bonchev–Trinajstić information content (AvgIpc) is 3.06. The van der Waals surface area contributed by atoms with Crippen LogP contribution in [0.5, 0.6) is 0 Å². The molecule has 0 spiro atoms. The standard InChI is InChI=1S/C26H31ClN2/c1-18-9-10-19(2)25(15-18)29-20(3)22(17-28-24-7-5-4-6-8-24)16-26(29)21-11-13-23(27)14-12-21/h9-16,24,28H,4-8,17H2,1-3H3. The lowest BCUT2D eigenvalue weighted by Crippen LogP contribution is -2.30. The van der Waals surface area contributed by atoms with Gasteiger partial charge < -0.3 is 9.88 Å². The molecule has 2 aromatic carbocycles. The van der Waals surface area contributed by atoms with Crippen LogP contribution in [0.1, 0.15) is 54.5 Å². The molecule has 0 atom stereocenters. The maximum Gasteiger partial charge on any atom is 0.0534 e. The Morgan fingerprint density at radius 2 is 1.66 bits per heavy atom. The number of rotatable bonds is 5. The Morgan fingerprint density at radius 3 is 2.38 bits per heavy atom. The molecule has 0 aliphatic heterocycles. The molecule has 1 aliphatic rings. The van der Waals surface area contributed by atoms with Gasteiger partial charge in [-0.3, -0.25) is 0 Å². The van der Waals surface area contributed by atoms with E-state index in [0.29, 0.717) is 6.04 Å². The molecular weight excluding hydrogens is 376 g/mol. The molecule has 29 heavy (non-hydrogen) atoms. The second-order valence-corrected chi connectivity index (χ2v) is 8.92. The van der Waals surface area contributed by atoms with Crippen molar-refractivity contribution in [1.82, 2.24) is 9.88 Å². The molecule has 1 fully saturated rings. The predicted octanol–water partition coefficient (Wildman–Crippen LogP) is 7.15. The van der Waals surface area contributed by atoms with Gasteiger partial charge in [-0.05, 0) is 80.1 Å². The number of hydrogen-bond donors (Lipinski definition) is 1. The number of aryl methyl sites for hydroxylation is 2. The maximum atomic E-state index is 6.16. The Kier molecular flexibility index (Phi) is 6.12. The Balaban J connectivity index is 1.75. The lowest BCUT2D eigenvalue weighted by molar-refractivity contribution is 0.372. The summed E-state index contributed by atoms with van der Waals surface area (Å²) in [5.74, 6) is 0. The number of aromatic nitrogens is 1. The van der Waals surface area contributed by atoms with E-state index in [4.69, 9.17) is 11.6 Å². The summed E-state index contributed by atoms with van der Waals surface area (Å²) in [7, 11) is 0. The summed E-state index contributed by atoms with van der Waals surface area (Å²) in [5.41, 5.74) is 8.94. The van der Waals surface area contributed by atoms with E-state index in [-0.39, 0.29) is 0 Å². The minimum atomic E-state index is 0.659. The van der Waals surface area contributed by atoms with Crippen molar-refractivity contribution in [2.24, 2.45) is 0 Å². The van der Waals surface area contributed by atoms with Gasteiger partial charge in [0, 0.05) is 29.0 Å². The van der Waals surface area contributed by atoms with E-state index in [1.807, 2.05) is 12.1 Å². The van der Waals surface area contributed by atoms with E-state index in [1.165, 1.54) is 71.4 Å². The van der Waals surface area contributed by atoms with Crippen LogP contribution in [0.2, 0.25) is 5.02 Å². The van der Waals surface area contributed by atoms with Crippen LogP contribution < -0.4 is 5.32 Å². The minimum Gasteiger partial charge on any atom is -0.313 e. The molecule has 3 heteroatoms. The van der Waals surface area contributed by atoms with Gasteiger partial charge in [-0.2, -0.15) is 0 Å². The van der Waals surface area contributed by atoms with Crippen LogP contribution in [0.15, 0.2) is 48.5 Å². The fourth-order valence-corrected chi connectivity index (χ4v) is 4.63. The summed E-state index contributed by atoms with van der Waals surface area (Å²) >= 11 is 6.16. The second-order valence-electron chi connectivity index (χ2n) is 8.49. The molecule has 1 aliphatic carbocycles. The molecule has 0 bridgehead atoms. The fraction of sp³-hybridized carbons (Fsp3) is 0.385. The van der Waals surface area contributed by atoms with E-state index >= 15 is 0 Å². The van der Waals surface area contributed by atoms with Crippen molar-refractivity contribution in [3.05, 3.63) is 75.9 Å². The molecular formula is C26H31ClN2. The van der Waals surface area contributed by atoms with Crippen LogP contribution in [0.4, 0.5) is 0 Å². The van der Waals surface area contributed by atoms with Crippen molar-refractivity contribution >= 4 is 11.6 Å². The van der Waals surface area contributed by atoms with Crippen LogP contribution >= 0.6 is 11.6 Å². The van der Waals surface area contributed by atoms with Crippen molar-refractivity contribution in [3.8, 4) is 16.9 Å². The quantitative estimate of drug-likeness (QED) is 0.476. The van der Waals surface area contributed by atoms with Gasteiger partial charge in [0.15, 0.2) is 0 Å². The smallest absolute Gasteiger partial charge is 0.0534 e. The third kappa shape index (κ3) is 4.44. The summed E-state index contributed by atoms with van der Waals surface area (Å²) in [6.45, 7) is 7.53. The van der Waals surface area contributed by atoms with E-state index in [1.54, 1.807) is 0 Å². The average molecular weight is 407 g/mol. The van der Waals surface area contributed by atoms with Gasteiger partial charge in [0.05, 0.1) is 5.69 Å². The topological polar surface area (TPSA) is 17.0 Å². The highest BCUT2D eigenvalue weighted by atomic mass is 35.5. The highest BCUT2D eigenvalue weighted by Crippen LogP contribution is 2.32. The van der Waals surface area contributed by atoms with Crippen molar-refractivity contribution < 1.29 is 0 Å². The van der Waals surface area contributed by atoms with Gasteiger partial charge in [-0.15, -0.1) is 0 Å². The third-order valence-corrected chi connectivity index (χ3v) is 6.54. The Hall–Kier alpha value is -2.03. The maximum absolute atomic E-state index is 6.16. The molecule has 1 N–H and O–H groups in total. The monoisotopic (exact) mass is 406 g/mol. The van der Waals surface area contributed by atoms with Crippen LogP contribution in [-0.2, 0) is 6.54 Å². The number of halogens is 1. The van der Waals surface area contributed by atoms with Crippen LogP contribution in [0.3, 0.4) is 0 Å². The van der Waals surface area contributed by atoms with Crippen molar-refractivity contribution in [2.75, 3.05) is 0 Å². The number of nitrogens with one attached hydrogen (secondary N) is 1. The first-order chi connectivity index (χ1) is 14.0. The van der Waals surface area contributed by atoms with Gasteiger partial charge in [-0.1, -0.05) is 55.1 Å². The zero-order valence-electron chi connectivity index (χ0n) is 17.8. The highest BCUT2D eigenvalue weighted by molar-refractivity contribution is 6.30. The fourth-order valence-electron chi connectivity index (χ4n) is 4.50. The molecule has 0 amide bonds. The van der Waals surface area contributed by atoms with Crippen LogP contribution in [0.25, 0.3) is 16.9 Å². The van der Waals surface area contributed by atoms with E-state index in [0.717, 1.165) is 11.6 Å². The lowest BCUT2D eigenvalue weighted by Gasteiger charge is -2.23. The normalized spacial score (nSPS) is 15.0. The molecule has 152 valence electrons. The molecule has 4 rings (SSSR count). The molecule has 2 nitrogen and oxygen atoms in total. The summed E-state index contributed by atoms with van der Waals surface area (Å²) < 4.78 is 2.42. The number of nitrogens with zero attached hydrogens (tertiary/aromatic N) is 1. The first kappa shape index (κ1) is 20.3. The van der Waals surface area contributed by atoms with Crippen LogP contribution in [-0.4, -0.2) is 10.6 Å². The Labute approximate surface area is 179 Å².